The van der Waals surface area contributed by atoms with E-state index in [4.69, 9.17) is 10.8 Å². The fraction of sp³-hybridized carbons (Fsp3) is 0.250. The Morgan fingerprint density at radius 1 is 1.42 bits per heavy atom. The van der Waals surface area contributed by atoms with Gasteiger partial charge in [0.15, 0.2) is 0 Å². The summed E-state index contributed by atoms with van der Waals surface area (Å²) in [4.78, 5) is 33.5. The van der Waals surface area contributed by atoms with Crippen molar-refractivity contribution < 1.29 is 19.5 Å². The maximum absolute atomic E-state index is 11.9. The van der Waals surface area contributed by atoms with E-state index in [-0.39, 0.29) is 0 Å². The lowest BCUT2D eigenvalue weighted by atomic mass is 10.1. The monoisotopic (exact) mass is 328 g/mol. The first kappa shape index (κ1) is 15.2. The Balaban J connectivity index is 2.84. The van der Waals surface area contributed by atoms with Crippen LogP contribution in [0.4, 0.5) is 0 Å². The molecule has 1 atom stereocenters. The van der Waals surface area contributed by atoms with E-state index in [0.717, 1.165) is 10.0 Å². The highest BCUT2D eigenvalue weighted by Crippen LogP contribution is 2.17. The summed E-state index contributed by atoms with van der Waals surface area (Å²) >= 11 is 3.28. The SMILES string of the molecule is Cc1ccc(C(=O)N[C@H](CC(N)=O)C(=O)O)cc1Br. The van der Waals surface area contributed by atoms with Crippen molar-refractivity contribution in [1.29, 1.82) is 0 Å². The number of hydrogen-bond acceptors (Lipinski definition) is 3. The minimum absolute atomic E-state index is 0.299. The van der Waals surface area contributed by atoms with Gasteiger partial charge in [-0.05, 0) is 24.6 Å². The fourth-order valence-corrected chi connectivity index (χ4v) is 1.76. The lowest BCUT2D eigenvalue weighted by Gasteiger charge is -2.13. The second-order valence-electron chi connectivity index (χ2n) is 4.00. The van der Waals surface area contributed by atoms with Gasteiger partial charge >= 0.3 is 5.97 Å². The molecule has 2 amide bonds. The molecule has 1 rings (SSSR count). The molecular formula is C12H13BrN2O4. The highest BCUT2D eigenvalue weighted by atomic mass is 79.9. The Hall–Kier alpha value is -1.89. The number of aryl methyl sites for hydroxylation is 1. The number of primary amides is 1. The van der Waals surface area contributed by atoms with E-state index >= 15 is 0 Å². The van der Waals surface area contributed by atoms with Crippen molar-refractivity contribution >= 4 is 33.7 Å². The van der Waals surface area contributed by atoms with Gasteiger partial charge in [0, 0.05) is 10.0 Å². The molecule has 0 aliphatic carbocycles. The first-order valence-corrected chi connectivity index (χ1v) is 6.18. The number of amides is 2. The summed E-state index contributed by atoms with van der Waals surface area (Å²) in [6.45, 7) is 1.86. The van der Waals surface area contributed by atoms with Crippen molar-refractivity contribution in [2.45, 2.75) is 19.4 Å². The van der Waals surface area contributed by atoms with Crippen LogP contribution in [0.3, 0.4) is 0 Å². The third-order valence-electron chi connectivity index (χ3n) is 2.44. The summed E-state index contributed by atoms with van der Waals surface area (Å²) in [5.74, 6) is -2.68. The summed E-state index contributed by atoms with van der Waals surface area (Å²) < 4.78 is 0.738. The number of benzene rings is 1. The van der Waals surface area contributed by atoms with Gasteiger partial charge in [-0.15, -0.1) is 0 Å². The molecule has 0 fully saturated rings. The van der Waals surface area contributed by atoms with E-state index in [2.05, 4.69) is 21.2 Å². The van der Waals surface area contributed by atoms with Gasteiger partial charge in [0.1, 0.15) is 6.04 Å². The minimum atomic E-state index is -1.33. The zero-order valence-electron chi connectivity index (χ0n) is 10.1. The van der Waals surface area contributed by atoms with Crippen LogP contribution in [0.2, 0.25) is 0 Å². The number of nitrogens with one attached hydrogen (secondary N) is 1. The molecule has 0 radical (unpaired) electrons. The number of halogens is 1. The van der Waals surface area contributed by atoms with Crippen molar-refractivity contribution in [3.63, 3.8) is 0 Å². The van der Waals surface area contributed by atoms with Crippen LogP contribution in [0.1, 0.15) is 22.3 Å². The van der Waals surface area contributed by atoms with Gasteiger partial charge < -0.3 is 16.2 Å². The molecule has 1 aromatic rings. The Morgan fingerprint density at radius 3 is 2.53 bits per heavy atom. The van der Waals surface area contributed by atoms with Crippen LogP contribution in [0.15, 0.2) is 22.7 Å². The zero-order valence-corrected chi connectivity index (χ0v) is 11.7. The lowest BCUT2D eigenvalue weighted by Crippen LogP contribution is -2.43. The number of hydrogen-bond donors (Lipinski definition) is 3. The number of nitrogens with two attached hydrogens (primary N) is 1. The third-order valence-corrected chi connectivity index (χ3v) is 3.30. The van der Waals surface area contributed by atoms with Crippen LogP contribution >= 0.6 is 15.9 Å². The maximum atomic E-state index is 11.9. The van der Waals surface area contributed by atoms with Gasteiger partial charge in [-0.3, -0.25) is 9.59 Å². The maximum Gasteiger partial charge on any atom is 0.326 e. The highest BCUT2D eigenvalue weighted by Gasteiger charge is 2.22. The smallest absolute Gasteiger partial charge is 0.326 e. The molecule has 0 bridgehead atoms. The molecule has 4 N–H and O–H groups in total. The summed E-state index contributed by atoms with van der Waals surface area (Å²) in [5, 5.41) is 11.1. The molecule has 6 nitrogen and oxygen atoms in total. The molecule has 1 aromatic carbocycles. The number of carboxylic acid groups (broad SMARTS) is 1. The molecule has 0 unspecified atom stereocenters. The molecule has 0 saturated heterocycles. The van der Waals surface area contributed by atoms with Crippen LogP contribution in [0.25, 0.3) is 0 Å². The molecule has 0 aliphatic rings. The van der Waals surface area contributed by atoms with Gasteiger partial charge in [0.05, 0.1) is 6.42 Å². The van der Waals surface area contributed by atoms with Crippen molar-refractivity contribution in [3.05, 3.63) is 33.8 Å². The molecule has 0 spiro atoms. The van der Waals surface area contributed by atoms with Gasteiger partial charge in [-0.1, -0.05) is 22.0 Å². The largest absolute Gasteiger partial charge is 0.480 e. The third kappa shape index (κ3) is 4.36. The zero-order chi connectivity index (χ0) is 14.6. The summed E-state index contributed by atoms with van der Waals surface area (Å²) in [7, 11) is 0. The first-order valence-electron chi connectivity index (χ1n) is 5.39. The molecule has 19 heavy (non-hydrogen) atoms. The molecule has 102 valence electrons. The van der Waals surface area contributed by atoms with Gasteiger partial charge in [0.25, 0.3) is 5.91 Å². The van der Waals surface area contributed by atoms with Crippen LogP contribution in [-0.4, -0.2) is 28.9 Å². The van der Waals surface area contributed by atoms with Crippen molar-refractivity contribution in [2.75, 3.05) is 0 Å². The number of carboxylic acids is 1. The average Bonchev–Trinajstić information content (AvgIpc) is 2.31. The van der Waals surface area contributed by atoms with Crippen molar-refractivity contribution in [2.24, 2.45) is 5.73 Å². The molecule has 0 saturated carbocycles. The van der Waals surface area contributed by atoms with Crippen molar-refractivity contribution in [1.82, 2.24) is 5.32 Å². The first-order chi connectivity index (χ1) is 8.81. The molecule has 0 heterocycles. The van der Waals surface area contributed by atoms with Crippen LogP contribution < -0.4 is 11.1 Å². The standard InChI is InChI=1S/C12H13BrN2O4/c1-6-2-3-7(4-8(6)13)11(17)15-9(12(18)19)5-10(14)16/h2-4,9H,5H2,1H3,(H2,14,16)(H,15,17)(H,18,19)/t9-/m1/s1. The topological polar surface area (TPSA) is 109 Å². The molecule has 7 heteroatoms. The average molecular weight is 329 g/mol. The molecular weight excluding hydrogens is 316 g/mol. The highest BCUT2D eigenvalue weighted by molar-refractivity contribution is 9.10. The Labute approximate surface area is 118 Å². The van der Waals surface area contributed by atoms with Gasteiger partial charge in [-0.2, -0.15) is 0 Å². The predicted octanol–water partition coefficient (Wildman–Crippen LogP) is 0.816. The summed E-state index contributed by atoms with van der Waals surface area (Å²) in [6, 6.07) is 3.54. The normalized spacial score (nSPS) is 11.7. The van der Waals surface area contributed by atoms with Crippen LogP contribution in [-0.2, 0) is 9.59 Å². The van der Waals surface area contributed by atoms with E-state index in [1.54, 1.807) is 18.2 Å². The number of rotatable bonds is 5. The predicted molar refractivity (Wildman–Crippen MR) is 71.6 cm³/mol. The van der Waals surface area contributed by atoms with Crippen LogP contribution in [0, 0.1) is 6.92 Å². The quantitative estimate of drug-likeness (QED) is 0.743. The Morgan fingerprint density at radius 2 is 2.05 bits per heavy atom. The second kappa shape index (κ2) is 6.33. The number of aliphatic carboxylic acids is 1. The minimum Gasteiger partial charge on any atom is -0.480 e. The van der Waals surface area contributed by atoms with Gasteiger partial charge in [-0.25, -0.2) is 4.79 Å². The fourth-order valence-electron chi connectivity index (χ4n) is 1.38. The Kier molecular flexibility index (Phi) is 5.05. The van der Waals surface area contributed by atoms with E-state index in [1.807, 2.05) is 6.92 Å². The van der Waals surface area contributed by atoms with E-state index in [0.29, 0.717) is 5.56 Å². The van der Waals surface area contributed by atoms with Gasteiger partial charge in [0.2, 0.25) is 5.91 Å². The van der Waals surface area contributed by atoms with Crippen molar-refractivity contribution in [3.8, 4) is 0 Å². The van der Waals surface area contributed by atoms with E-state index in [1.165, 1.54) is 0 Å². The van der Waals surface area contributed by atoms with Crippen LogP contribution in [0.5, 0.6) is 0 Å². The summed E-state index contributed by atoms with van der Waals surface area (Å²) in [6.07, 6.45) is -0.450. The van der Waals surface area contributed by atoms with E-state index in [9.17, 15) is 14.4 Å². The number of carbonyl (C=O) groups excluding carboxylic acids is 2. The van der Waals surface area contributed by atoms with E-state index < -0.39 is 30.2 Å². The number of carbonyl (C=O) groups is 3. The second-order valence-corrected chi connectivity index (χ2v) is 4.85. The summed E-state index contributed by atoms with van der Waals surface area (Å²) in [5.41, 5.74) is 6.18. The molecule has 0 aromatic heterocycles. The molecule has 0 aliphatic heterocycles. The Bertz CT molecular complexity index is 530. The lowest BCUT2D eigenvalue weighted by molar-refractivity contribution is -0.140.